The summed E-state index contributed by atoms with van der Waals surface area (Å²) in [5, 5.41) is 2.99. The van der Waals surface area contributed by atoms with Crippen molar-refractivity contribution in [2.24, 2.45) is 5.92 Å². The molecule has 0 bridgehead atoms. The minimum Gasteiger partial charge on any atom is -0.352 e. The number of hydrogen-bond donors (Lipinski definition) is 1. The number of halogens is 1. The van der Waals surface area contributed by atoms with Gasteiger partial charge in [0.25, 0.3) is 11.8 Å². The van der Waals surface area contributed by atoms with E-state index < -0.39 is 5.82 Å². The lowest BCUT2D eigenvalue weighted by Crippen LogP contribution is -2.41. The Morgan fingerprint density at radius 2 is 1.74 bits per heavy atom. The van der Waals surface area contributed by atoms with Gasteiger partial charge in [-0.25, -0.2) is 4.39 Å². The Balaban J connectivity index is 1.47. The van der Waals surface area contributed by atoms with Crippen molar-refractivity contribution in [1.29, 1.82) is 0 Å². The maximum atomic E-state index is 13.8. The van der Waals surface area contributed by atoms with Crippen LogP contribution in [-0.2, 0) is 6.42 Å². The van der Waals surface area contributed by atoms with Crippen molar-refractivity contribution >= 4 is 11.8 Å². The van der Waals surface area contributed by atoms with Crippen molar-refractivity contribution in [2.45, 2.75) is 26.2 Å². The molecule has 5 heteroatoms. The largest absolute Gasteiger partial charge is 0.352 e. The third-order valence-electron chi connectivity index (χ3n) is 5.18. The first-order valence-corrected chi connectivity index (χ1v) is 9.49. The van der Waals surface area contributed by atoms with Crippen LogP contribution < -0.4 is 5.32 Å². The number of carbonyl (C=O) groups is 2. The summed E-state index contributed by atoms with van der Waals surface area (Å²) in [5.74, 6) is -0.478. The Morgan fingerprint density at radius 1 is 1.07 bits per heavy atom. The predicted molar refractivity (Wildman–Crippen MR) is 103 cm³/mol. The third-order valence-corrected chi connectivity index (χ3v) is 5.18. The number of likely N-dealkylation sites (tertiary alicyclic amines) is 1. The maximum Gasteiger partial charge on any atom is 0.256 e. The Hall–Kier alpha value is -2.69. The fourth-order valence-corrected chi connectivity index (χ4v) is 3.38. The number of nitrogens with one attached hydrogen (secondary N) is 1. The highest BCUT2D eigenvalue weighted by Gasteiger charge is 2.25. The Bertz CT molecular complexity index is 796. The number of benzene rings is 2. The molecule has 4 nitrogen and oxygen atoms in total. The molecule has 1 saturated heterocycles. The van der Waals surface area contributed by atoms with E-state index in [-0.39, 0.29) is 17.4 Å². The lowest BCUT2D eigenvalue weighted by Gasteiger charge is -2.32. The lowest BCUT2D eigenvalue weighted by molar-refractivity contribution is 0.0679. The zero-order chi connectivity index (χ0) is 19.2. The first-order chi connectivity index (χ1) is 13.1. The highest BCUT2D eigenvalue weighted by Crippen LogP contribution is 2.19. The van der Waals surface area contributed by atoms with Crippen LogP contribution >= 0.6 is 0 Å². The summed E-state index contributed by atoms with van der Waals surface area (Å²) in [6, 6.07) is 13.7. The zero-order valence-corrected chi connectivity index (χ0v) is 15.6. The molecular weight excluding hydrogens is 343 g/mol. The van der Waals surface area contributed by atoms with Gasteiger partial charge in [-0.1, -0.05) is 31.2 Å². The van der Waals surface area contributed by atoms with Gasteiger partial charge < -0.3 is 10.2 Å². The summed E-state index contributed by atoms with van der Waals surface area (Å²) in [4.78, 5) is 26.4. The molecule has 1 heterocycles. The highest BCUT2D eigenvalue weighted by molar-refractivity contribution is 5.95. The van der Waals surface area contributed by atoms with Gasteiger partial charge in [-0.15, -0.1) is 0 Å². The van der Waals surface area contributed by atoms with E-state index in [1.165, 1.54) is 17.7 Å². The van der Waals surface area contributed by atoms with E-state index in [9.17, 15) is 14.0 Å². The van der Waals surface area contributed by atoms with Crippen LogP contribution in [0.1, 0.15) is 46.0 Å². The topological polar surface area (TPSA) is 49.4 Å². The van der Waals surface area contributed by atoms with Crippen molar-refractivity contribution in [2.75, 3.05) is 19.6 Å². The van der Waals surface area contributed by atoms with Gasteiger partial charge in [0.05, 0.1) is 5.56 Å². The van der Waals surface area contributed by atoms with E-state index in [4.69, 9.17) is 0 Å². The van der Waals surface area contributed by atoms with Gasteiger partial charge in [-0.05, 0) is 55.0 Å². The van der Waals surface area contributed by atoms with E-state index in [1.54, 1.807) is 17.0 Å². The molecule has 0 radical (unpaired) electrons. The van der Waals surface area contributed by atoms with Gasteiger partial charge in [0.1, 0.15) is 5.82 Å². The summed E-state index contributed by atoms with van der Waals surface area (Å²) in [5.41, 5.74) is 2.00. The molecule has 1 fully saturated rings. The van der Waals surface area contributed by atoms with Crippen LogP contribution in [0, 0.1) is 11.7 Å². The molecule has 0 aromatic heterocycles. The van der Waals surface area contributed by atoms with E-state index in [0.29, 0.717) is 31.1 Å². The number of aryl methyl sites for hydroxylation is 1. The van der Waals surface area contributed by atoms with E-state index in [0.717, 1.165) is 19.3 Å². The Kier molecular flexibility index (Phi) is 6.22. The quantitative estimate of drug-likeness (QED) is 0.875. The Labute approximate surface area is 159 Å². The molecule has 0 aliphatic carbocycles. The molecular formula is C22H25FN2O2. The predicted octanol–water partition coefficient (Wildman–Crippen LogP) is 3.67. The number of hydrogen-bond acceptors (Lipinski definition) is 2. The van der Waals surface area contributed by atoms with Gasteiger partial charge in [0.2, 0.25) is 0 Å². The van der Waals surface area contributed by atoms with Gasteiger partial charge in [0, 0.05) is 25.2 Å². The van der Waals surface area contributed by atoms with Gasteiger partial charge in [-0.2, -0.15) is 0 Å². The second kappa shape index (κ2) is 8.80. The summed E-state index contributed by atoms with van der Waals surface area (Å²) in [6.45, 7) is 3.84. The molecule has 27 heavy (non-hydrogen) atoms. The molecule has 0 spiro atoms. The number of carbonyl (C=O) groups excluding carboxylic acids is 2. The summed E-state index contributed by atoms with van der Waals surface area (Å²) < 4.78 is 13.8. The average Bonchev–Trinajstić information content (AvgIpc) is 2.72. The molecule has 2 aromatic carbocycles. The molecule has 0 saturated carbocycles. The Morgan fingerprint density at radius 3 is 2.37 bits per heavy atom. The van der Waals surface area contributed by atoms with Crippen molar-refractivity contribution < 1.29 is 14.0 Å². The van der Waals surface area contributed by atoms with Crippen LogP contribution in [0.2, 0.25) is 0 Å². The molecule has 1 N–H and O–H groups in total. The van der Waals surface area contributed by atoms with Gasteiger partial charge in [-0.3, -0.25) is 9.59 Å². The van der Waals surface area contributed by atoms with Crippen LogP contribution in [-0.4, -0.2) is 36.3 Å². The second-order valence-corrected chi connectivity index (χ2v) is 6.98. The fourth-order valence-electron chi connectivity index (χ4n) is 3.38. The molecule has 0 unspecified atom stereocenters. The summed E-state index contributed by atoms with van der Waals surface area (Å²) in [7, 11) is 0. The van der Waals surface area contributed by atoms with Gasteiger partial charge >= 0.3 is 0 Å². The summed E-state index contributed by atoms with van der Waals surface area (Å²) >= 11 is 0. The minimum atomic E-state index is -0.481. The first-order valence-electron chi connectivity index (χ1n) is 9.49. The molecule has 3 rings (SSSR count). The normalized spacial score (nSPS) is 14.8. The van der Waals surface area contributed by atoms with Crippen LogP contribution in [0.4, 0.5) is 4.39 Å². The highest BCUT2D eigenvalue weighted by atomic mass is 19.1. The molecule has 1 aliphatic rings. The molecule has 2 amide bonds. The van der Waals surface area contributed by atoms with Crippen molar-refractivity contribution in [3.05, 3.63) is 71.0 Å². The maximum absolute atomic E-state index is 13.8. The van der Waals surface area contributed by atoms with Crippen molar-refractivity contribution in [3.8, 4) is 0 Å². The third kappa shape index (κ3) is 4.73. The fraction of sp³-hybridized carbons (Fsp3) is 0.364. The molecule has 1 aliphatic heterocycles. The summed E-state index contributed by atoms with van der Waals surface area (Å²) in [6.07, 6.45) is 2.55. The first kappa shape index (κ1) is 19.1. The molecule has 2 aromatic rings. The van der Waals surface area contributed by atoms with Crippen LogP contribution in [0.3, 0.4) is 0 Å². The molecule has 142 valence electrons. The van der Waals surface area contributed by atoms with Crippen LogP contribution in [0.5, 0.6) is 0 Å². The number of rotatable bonds is 5. The van der Waals surface area contributed by atoms with Crippen molar-refractivity contribution in [1.82, 2.24) is 10.2 Å². The lowest BCUT2D eigenvalue weighted by atomic mass is 9.96. The van der Waals surface area contributed by atoms with Crippen LogP contribution in [0.25, 0.3) is 0 Å². The van der Waals surface area contributed by atoms with E-state index >= 15 is 0 Å². The second-order valence-electron chi connectivity index (χ2n) is 6.98. The number of nitrogens with zero attached hydrogens (tertiary/aromatic N) is 1. The SMILES string of the molecule is CCc1ccc(C(=O)NCC2CCN(C(=O)c3ccccc3F)CC2)cc1. The number of piperidine rings is 1. The van der Waals surface area contributed by atoms with Crippen LogP contribution in [0.15, 0.2) is 48.5 Å². The van der Waals surface area contributed by atoms with E-state index in [1.807, 2.05) is 24.3 Å². The number of amides is 2. The zero-order valence-electron chi connectivity index (χ0n) is 15.6. The minimum absolute atomic E-state index is 0.0671. The van der Waals surface area contributed by atoms with Crippen molar-refractivity contribution in [3.63, 3.8) is 0 Å². The van der Waals surface area contributed by atoms with Gasteiger partial charge in [0.15, 0.2) is 0 Å². The standard InChI is InChI=1S/C22H25FN2O2/c1-2-16-7-9-18(10-8-16)21(26)24-15-17-11-13-25(14-12-17)22(27)19-5-3-4-6-20(19)23/h3-10,17H,2,11-15H2,1H3,(H,24,26). The van der Waals surface area contributed by atoms with E-state index in [2.05, 4.69) is 12.2 Å². The monoisotopic (exact) mass is 368 g/mol. The molecule has 0 atom stereocenters. The smallest absolute Gasteiger partial charge is 0.256 e. The average molecular weight is 368 g/mol.